The first-order valence-electron chi connectivity index (χ1n) is 7.02. The van der Waals surface area contributed by atoms with E-state index in [0.717, 1.165) is 18.8 Å². The van der Waals surface area contributed by atoms with Gasteiger partial charge in [-0.15, -0.1) is 0 Å². The molecule has 2 N–H and O–H groups in total. The molecule has 0 saturated heterocycles. The molecule has 2 aromatic rings. The molecule has 1 unspecified atom stereocenters. The van der Waals surface area contributed by atoms with Crippen LogP contribution in [0.3, 0.4) is 0 Å². The highest BCUT2D eigenvalue weighted by Gasteiger charge is 2.04. The van der Waals surface area contributed by atoms with E-state index in [1.165, 1.54) is 16.7 Å². The second-order valence-electron chi connectivity index (χ2n) is 5.55. The third-order valence-corrected chi connectivity index (χ3v) is 3.30. The third kappa shape index (κ3) is 4.07. The molecule has 20 heavy (non-hydrogen) atoms. The SMILES string of the molecule is Cc1ccc(CN(C)c2ccc(CC(C)N)cn2)cc1. The zero-order valence-electron chi connectivity index (χ0n) is 12.5. The molecule has 2 rings (SSSR count). The number of benzene rings is 1. The van der Waals surface area contributed by atoms with Gasteiger partial charge in [-0.25, -0.2) is 4.98 Å². The van der Waals surface area contributed by atoms with Gasteiger partial charge < -0.3 is 10.6 Å². The average molecular weight is 269 g/mol. The van der Waals surface area contributed by atoms with Gasteiger partial charge in [0.05, 0.1) is 0 Å². The van der Waals surface area contributed by atoms with Crippen LogP contribution in [0.1, 0.15) is 23.6 Å². The maximum absolute atomic E-state index is 5.80. The lowest BCUT2D eigenvalue weighted by molar-refractivity contribution is 0.735. The molecule has 1 atom stereocenters. The Bertz CT molecular complexity index is 529. The van der Waals surface area contributed by atoms with E-state index in [-0.39, 0.29) is 6.04 Å². The van der Waals surface area contributed by atoms with Crippen molar-refractivity contribution in [3.8, 4) is 0 Å². The Morgan fingerprint density at radius 2 is 1.75 bits per heavy atom. The summed E-state index contributed by atoms with van der Waals surface area (Å²) < 4.78 is 0. The van der Waals surface area contributed by atoms with Crippen LogP contribution >= 0.6 is 0 Å². The fraction of sp³-hybridized carbons (Fsp3) is 0.353. The van der Waals surface area contributed by atoms with Gasteiger partial charge in [0.25, 0.3) is 0 Å². The van der Waals surface area contributed by atoms with Gasteiger partial charge in [-0.05, 0) is 37.5 Å². The summed E-state index contributed by atoms with van der Waals surface area (Å²) >= 11 is 0. The highest BCUT2D eigenvalue weighted by molar-refractivity contribution is 5.39. The molecule has 0 amide bonds. The molecule has 0 bridgehead atoms. The van der Waals surface area contributed by atoms with E-state index in [1.807, 2.05) is 13.1 Å². The smallest absolute Gasteiger partial charge is 0.128 e. The number of hydrogen-bond donors (Lipinski definition) is 1. The van der Waals surface area contributed by atoms with E-state index < -0.39 is 0 Å². The summed E-state index contributed by atoms with van der Waals surface area (Å²) in [5.41, 5.74) is 9.56. The number of aryl methyl sites for hydroxylation is 1. The van der Waals surface area contributed by atoms with E-state index in [2.05, 4.69) is 60.3 Å². The van der Waals surface area contributed by atoms with Crippen LogP contribution in [0.15, 0.2) is 42.6 Å². The Morgan fingerprint density at radius 1 is 1.10 bits per heavy atom. The van der Waals surface area contributed by atoms with Crippen LogP contribution in [0.5, 0.6) is 0 Å². The van der Waals surface area contributed by atoms with E-state index in [4.69, 9.17) is 5.73 Å². The average Bonchev–Trinajstić information content (AvgIpc) is 2.41. The molecule has 106 valence electrons. The predicted molar refractivity (Wildman–Crippen MR) is 84.9 cm³/mol. The number of nitrogens with zero attached hydrogens (tertiary/aromatic N) is 2. The standard InChI is InChI=1S/C17H23N3/c1-13-4-6-15(7-5-13)12-20(3)17-9-8-16(11-19-17)10-14(2)18/h4-9,11,14H,10,12,18H2,1-3H3. The van der Waals surface area contributed by atoms with Crippen molar-refractivity contribution in [2.45, 2.75) is 32.9 Å². The minimum Gasteiger partial charge on any atom is -0.355 e. The number of pyridine rings is 1. The van der Waals surface area contributed by atoms with Gasteiger partial charge in [0.1, 0.15) is 5.82 Å². The second kappa shape index (κ2) is 6.53. The highest BCUT2D eigenvalue weighted by Crippen LogP contribution is 2.14. The fourth-order valence-electron chi connectivity index (χ4n) is 2.18. The van der Waals surface area contributed by atoms with Crippen molar-refractivity contribution in [2.24, 2.45) is 5.73 Å². The normalized spacial score (nSPS) is 12.2. The van der Waals surface area contributed by atoms with Crippen LogP contribution in [-0.2, 0) is 13.0 Å². The second-order valence-corrected chi connectivity index (χ2v) is 5.55. The predicted octanol–water partition coefficient (Wildman–Crippen LogP) is 2.92. The van der Waals surface area contributed by atoms with Gasteiger partial charge >= 0.3 is 0 Å². The van der Waals surface area contributed by atoms with E-state index in [1.54, 1.807) is 0 Å². The minimum atomic E-state index is 0.174. The van der Waals surface area contributed by atoms with Crippen molar-refractivity contribution in [2.75, 3.05) is 11.9 Å². The maximum atomic E-state index is 5.80. The molecule has 3 heteroatoms. The lowest BCUT2D eigenvalue weighted by atomic mass is 10.1. The molecule has 0 aliphatic heterocycles. The first kappa shape index (κ1) is 14.5. The minimum absolute atomic E-state index is 0.174. The molecule has 1 heterocycles. The van der Waals surface area contributed by atoms with Gasteiger partial charge in [-0.3, -0.25) is 0 Å². The quantitative estimate of drug-likeness (QED) is 0.907. The molecule has 1 aromatic carbocycles. The Balaban J connectivity index is 2.01. The zero-order chi connectivity index (χ0) is 14.5. The number of anilines is 1. The summed E-state index contributed by atoms with van der Waals surface area (Å²) in [6, 6.07) is 13.0. The summed E-state index contributed by atoms with van der Waals surface area (Å²) in [7, 11) is 2.06. The molecule has 0 aliphatic carbocycles. The van der Waals surface area contributed by atoms with Crippen molar-refractivity contribution < 1.29 is 0 Å². The van der Waals surface area contributed by atoms with Gasteiger partial charge in [-0.1, -0.05) is 35.9 Å². The topological polar surface area (TPSA) is 42.1 Å². The molecule has 1 aromatic heterocycles. The molecule has 3 nitrogen and oxygen atoms in total. The molecular weight excluding hydrogens is 246 g/mol. The first-order chi connectivity index (χ1) is 9.54. The van der Waals surface area contributed by atoms with Gasteiger partial charge in [0, 0.05) is 25.8 Å². The fourth-order valence-corrected chi connectivity index (χ4v) is 2.18. The van der Waals surface area contributed by atoms with Crippen LogP contribution in [0.2, 0.25) is 0 Å². The largest absolute Gasteiger partial charge is 0.355 e. The molecule has 0 spiro atoms. The van der Waals surface area contributed by atoms with Gasteiger partial charge in [0.2, 0.25) is 0 Å². The van der Waals surface area contributed by atoms with Crippen molar-refractivity contribution in [1.29, 1.82) is 0 Å². The Labute approximate surface area is 121 Å². The Hall–Kier alpha value is -1.87. The van der Waals surface area contributed by atoms with Crippen LogP contribution in [0.25, 0.3) is 0 Å². The Morgan fingerprint density at radius 3 is 2.30 bits per heavy atom. The number of hydrogen-bond acceptors (Lipinski definition) is 3. The zero-order valence-corrected chi connectivity index (χ0v) is 12.5. The molecular formula is C17H23N3. The molecule has 0 aliphatic rings. The summed E-state index contributed by atoms with van der Waals surface area (Å²) in [5.74, 6) is 0.985. The first-order valence-corrected chi connectivity index (χ1v) is 7.02. The van der Waals surface area contributed by atoms with Crippen LogP contribution in [0, 0.1) is 6.92 Å². The van der Waals surface area contributed by atoms with Gasteiger partial charge in [-0.2, -0.15) is 0 Å². The van der Waals surface area contributed by atoms with Crippen molar-refractivity contribution in [3.05, 3.63) is 59.3 Å². The summed E-state index contributed by atoms with van der Waals surface area (Å²) in [6.07, 6.45) is 2.79. The number of nitrogens with two attached hydrogens (primary N) is 1. The van der Waals surface area contributed by atoms with Crippen molar-refractivity contribution >= 4 is 5.82 Å². The van der Waals surface area contributed by atoms with E-state index in [9.17, 15) is 0 Å². The summed E-state index contributed by atoms with van der Waals surface area (Å²) in [4.78, 5) is 6.67. The van der Waals surface area contributed by atoms with E-state index in [0.29, 0.717) is 0 Å². The van der Waals surface area contributed by atoms with Gasteiger partial charge in [0.15, 0.2) is 0 Å². The Kier molecular flexibility index (Phi) is 4.74. The third-order valence-electron chi connectivity index (χ3n) is 3.30. The summed E-state index contributed by atoms with van der Waals surface area (Å²) in [5, 5.41) is 0. The summed E-state index contributed by atoms with van der Waals surface area (Å²) in [6.45, 7) is 4.98. The van der Waals surface area contributed by atoms with Crippen LogP contribution < -0.4 is 10.6 Å². The van der Waals surface area contributed by atoms with E-state index >= 15 is 0 Å². The number of rotatable bonds is 5. The molecule has 0 radical (unpaired) electrons. The maximum Gasteiger partial charge on any atom is 0.128 e. The lowest BCUT2D eigenvalue weighted by Crippen LogP contribution is -2.19. The lowest BCUT2D eigenvalue weighted by Gasteiger charge is -2.18. The monoisotopic (exact) mass is 269 g/mol. The van der Waals surface area contributed by atoms with Crippen LogP contribution in [-0.4, -0.2) is 18.1 Å². The van der Waals surface area contributed by atoms with Crippen molar-refractivity contribution in [1.82, 2.24) is 4.98 Å². The molecule has 0 fully saturated rings. The highest BCUT2D eigenvalue weighted by atomic mass is 15.2. The van der Waals surface area contributed by atoms with Crippen LogP contribution in [0.4, 0.5) is 5.82 Å². The number of aromatic nitrogens is 1. The van der Waals surface area contributed by atoms with Crippen molar-refractivity contribution in [3.63, 3.8) is 0 Å². The molecule has 0 saturated carbocycles.